The maximum atomic E-state index is 12.9. The Morgan fingerprint density at radius 1 is 0.705 bits per heavy atom. The highest BCUT2D eigenvalue weighted by Crippen LogP contribution is 2.60. The summed E-state index contributed by atoms with van der Waals surface area (Å²) in [6.45, 7) is 1.67. The normalized spacial score (nSPS) is 20.4. The number of esters is 2. The van der Waals surface area contributed by atoms with Crippen LogP contribution in [0.2, 0.25) is 0 Å². The number of allylic oxidation sites excluding steroid dienone is 18. The van der Waals surface area contributed by atoms with Gasteiger partial charge in [-0.2, -0.15) is 9.29 Å². The van der Waals surface area contributed by atoms with Gasteiger partial charge in [-0.1, -0.05) is 160 Å². The van der Waals surface area contributed by atoms with Crippen LogP contribution in [0.1, 0.15) is 123 Å². The first-order valence-electron chi connectivity index (χ1n) is 26.4. The summed E-state index contributed by atoms with van der Waals surface area (Å²) < 4.78 is 56.6. The van der Waals surface area contributed by atoms with Crippen molar-refractivity contribution in [1.29, 1.82) is 0 Å². The summed E-state index contributed by atoms with van der Waals surface area (Å²) >= 11 is 0. The largest absolute Gasteiger partial charge is 0.481 e. The van der Waals surface area contributed by atoms with Crippen LogP contribution in [-0.2, 0) is 46.3 Å². The Labute approximate surface area is 459 Å². The molecule has 22 heteroatoms. The zero-order valence-electron chi connectivity index (χ0n) is 44.9. The number of nitrogens with zero attached hydrogens (tertiary/aromatic N) is 2. The molecule has 0 aromatic carbocycles. The Bertz CT molecular complexity index is 2370. The van der Waals surface area contributed by atoms with Gasteiger partial charge in [0.1, 0.15) is 30.7 Å². The second-order valence-corrected chi connectivity index (χ2v) is 20.7. The number of phosphoric acid groups is 2. The molecule has 1 fully saturated rings. The first-order chi connectivity index (χ1) is 37.5. The predicted molar refractivity (Wildman–Crippen MR) is 300 cm³/mol. The Kier molecular flexibility index (Phi) is 36.9. The molecule has 0 spiro atoms. The molecular weight excluding hydrogens is 1050 g/mol. The number of rotatable bonds is 41. The monoisotopic (exact) mass is 1130 g/mol. The van der Waals surface area contributed by atoms with Gasteiger partial charge in [-0.05, 0) is 83.1 Å². The number of phosphoric ester groups is 2. The fraction of sp³-hybridized carbons (Fsp3) is 0.500. The van der Waals surface area contributed by atoms with Crippen molar-refractivity contribution >= 4 is 33.4 Å². The maximum absolute atomic E-state index is 12.9. The molecule has 78 heavy (non-hydrogen) atoms. The molecule has 1 saturated heterocycles. The third kappa shape index (κ3) is 34.0. The molecule has 8 N–H and O–H groups in total. The van der Waals surface area contributed by atoms with E-state index in [0.29, 0.717) is 32.1 Å². The van der Waals surface area contributed by atoms with Crippen LogP contribution in [0, 0.1) is 0 Å². The number of aliphatic hydroxyl groups is 4. The summed E-state index contributed by atoms with van der Waals surface area (Å²) in [7, 11) is -11.0. The van der Waals surface area contributed by atoms with Crippen LogP contribution in [0.5, 0.6) is 0 Å². The second kappa shape index (κ2) is 41.8. The third-order valence-corrected chi connectivity index (χ3v) is 13.5. The van der Waals surface area contributed by atoms with E-state index in [-0.39, 0.29) is 25.1 Å². The van der Waals surface area contributed by atoms with E-state index in [2.05, 4.69) is 52.7 Å². The van der Waals surface area contributed by atoms with Crippen molar-refractivity contribution in [1.82, 2.24) is 9.55 Å². The number of hydrogen-bond acceptors (Lipinski definition) is 17. The molecule has 1 aliphatic rings. The van der Waals surface area contributed by atoms with Crippen molar-refractivity contribution in [3.8, 4) is 0 Å². The maximum Gasteiger partial charge on any atom is 0.481 e. The number of anilines is 1. The first kappa shape index (κ1) is 68.9. The molecule has 0 bridgehead atoms. The van der Waals surface area contributed by atoms with E-state index in [1.165, 1.54) is 25.3 Å². The third-order valence-electron chi connectivity index (χ3n) is 10.9. The molecule has 1 aromatic rings. The van der Waals surface area contributed by atoms with Crippen LogP contribution in [0.3, 0.4) is 0 Å². The van der Waals surface area contributed by atoms with Gasteiger partial charge in [-0.25, -0.2) is 13.9 Å². The topological polar surface area (TPSA) is 306 Å². The lowest BCUT2D eigenvalue weighted by Crippen LogP contribution is -2.36. The van der Waals surface area contributed by atoms with Gasteiger partial charge >= 0.3 is 33.3 Å². The number of aliphatic hydroxyl groups excluding tert-OH is 4. The number of unbranched alkanes of at least 4 members (excludes halogenated alkanes) is 4. The van der Waals surface area contributed by atoms with Crippen molar-refractivity contribution in [2.24, 2.45) is 0 Å². The zero-order chi connectivity index (χ0) is 57.3. The van der Waals surface area contributed by atoms with Crippen LogP contribution >= 0.6 is 15.6 Å². The predicted octanol–water partition coefficient (Wildman–Crippen LogP) is 9.27. The molecule has 0 aliphatic carbocycles. The number of nitrogens with two attached hydrogens (primary N) is 1. The minimum atomic E-state index is -5.50. The van der Waals surface area contributed by atoms with Crippen LogP contribution in [-0.4, -0.2) is 108 Å². The van der Waals surface area contributed by atoms with Crippen molar-refractivity contribution in [3.05, 3.63) is 156 Å². The average Bonchev–Trinajstić information content (AvgIpc) is 3.70. The Balaban J connectivity index is 1.89. The van der Waals surface area contributed by atoms with Crippen LogP contribution in [0.25, 0.3) is 0 Å². The Hall–Kier alpha value is -5.18. The second-order valence-electron chi connectivity index (χ2n) is 17.7. The number of hydrogen-bond donors (Lipinski definition) is 7. The quantitative estimate of drug-likeness (QED) is 0.0106. The molecule has 0 amide bonds. The van der Waals surface area contributed by atoms with E-state index in [0.717, 1.165) is 42.9 Å². The van der Waals surface area contributed by atoms with Gasteiger partial charge in [-0.3, -0.25) is 23.2 Å². The van der Waals surface area contributed by atoms with Gasteiger partial charge in [0.15, 0.2) is 12.3 Å². The van der Waals surface area contributed by atoms with Gasteiger partial charge in [0.2, 0.25) is 0 Å². The molecule has 2 unspecified atom stereocenters. The number of aromatic nitrogens is 2. The lowest BCUT2D eigenvalue weighted by molar-refractivity contribution is -0.161. The first-order valence-corrected chi connectivity index (χ1v) is 29.4. The van der Waals surface area contributed by atoms with Crippen LogP contribution in [0.4, 0.5) is 5.82 Å². The standard InChI is InChI=1S/C56H83N3O17P2/c1-3-5-7-8-9-10-11-12-13-14-15-16-17-18-19-20-24-27-33-40-52(63)74-48(43-71-51(62)39-34-28-32-38-47(61)37-31-26-23-21-22-25-30-36-46(60)35-29-6-4-2)44-72-77(67,68)76-78(69,70)73-45-49-53(64)54(65)55(75-49)59-42-41-50(57)58-56(59)66/h6,9-10,12-13,15-16,18-19,22-27,29-32,36-38,41-42,46-49,53-55,60-61,64-65H,3-5,7-8,11,14,17,20-21,28,33-35,39-40,43-45H2,1-2H3,(H,67,68)(H,69,70)(H2,57,58,66)/b10-9-,13-12-,16-15-,19-18-,25-22-,26-23-,27-24-,29-6-,36-30+,37-31+,38-32-/t46-,47-,48-,49-,53-,54-,55-/m1/s1. The summed E-state index contributed by atoms with van der Waals surface area (Å²) in [4.78, 5) is 62.0. The van der Waals surface area contributed by atoms with Crippen LogP contribution in [0.15, 0.2) is 151 Å². The summed E-state index contributed by atoms with van der Waals surface area (Å²) in [5.74, 6) is -1.61. The van der Waals surface area contributed by atoms with E-state index in [1.54, 1.807) is 48.6 Å². The highest BCUT2D eigenvalue weighted by atomic mass is 31.3. The van der Waals surface area contributed by atoms with Crippen molar-refractivity contribution in [2.75, 3.05) is 25.6 Å². The van der Waals surface area contributed by atoms with Crippen molar-refractivity contribution in [2.45, 2.75) is 159 Å². The Morgan fingerprint density at radius 3 is 1.95 bits per heavy atom. The lowest BCUT2D eigenvalue weighted by Gasteiger charge is -2.21. The molecule has 0 saturated carbocycles. The minimum absolute atomic E-state index is 0.0836. The highest BCUT2D eigenvalue weighted by Gasteiger charge is 2.46. The summed E-state index contributed by atoms with van der Waals surface area (Å²) in [6.07, 6.45) is 44.7. The molecule has 434 valence electrons. The summed E-state index contributed by atoms with van der Waals surface area (Å²) in [5.41, 5.74) is 4.56. The fourth-order valence-electron chi connectivity index (χ4n) is 6.80. The van der Waals surface area contributed by atoms with E-state index in [9.17, 15) is 53.7 Å². The van der Waals surface area contributed by atoms with Crippen LogP contribution < -0.4 is 11.4 Å². The molecule has 20 nitrogen and oxygen atoms in total. The van der Waals surface area contributed by atoms with Gasteiger partial charge in [0.05, 0.1) is 25.4 Å². The highest BCUT2D eigenvalue weighted by molar-refractivity contribution is 7.61. The smallest absolute Gasteiger partial charge is 0.462 e. The molecule has 1 aliphatic heterocycles. The zero-order valence-corrected chi connectivity index (χ0v) is 46.7. The van der Waals surface area contributed by atoms with Gasteiger partial charge in [0.25, 0.3) is 0 Å². The fourth-order valence-corrected chi connectivity index (χ4v) is 8.91. The number of ether oxygens (including phenoxy) is 3. The van der Waals surface area contributed by atoms with E-state index in [1.807, 2.05) is 55.5 Å². The number of carbonyl (C=O) groups is 2. The van der Waals surface area contributed by atoms with Crippen molar-refractivity contribution < 1.29 is 76.5 Å². The van der Waals surface area contributed by atoms with E-state index >= 15 is 0 Å². The molecule has 1 aromatic heterocycles. The molecule has 2 heterocycles. The molecule has 0 radical (unpaired) electrons. The minimum Gasteiger partial charge on any atom is -0.462 e. The Morgan fingerprint density at radius 2 is 1.31 bits per heavy atom. The lowest BCUT2D eigenvalue weighted by atomic mass is 10.1. The number of nitrogen functional groups attached to an aromatic ring is 1. The summed E-state index contributed by atoms with van der Waals surface area (Å²) in [5, 5.41) is 41.1. The molecule has 2 rings (SSSR count). The van der Waals surface area contributed by atoms with Crippen molar-refractivity contribution in [3.63, 3.8) is 0 Å². The van der Waals surface area contributed by atoms with Gasteiger partial charge in [-0.15, -0.1) is 0 Å². The van der Waals surface area contributed by atoms with Gasteiger partial charge in [0, 0.05) is 19.0 Å². The van der Waals surface area contributed by atoms with E-state index < -0.39 is 95.9 Å². The summed E-state index contributed by atoms with van der Waals surface area (Å²) in [6, 6.07) is 1.23. The SMILES string of the molecule is CC/C=C\C[C@@H](O)/C=C/C=C\C/C=C\C=C\[C@@H](O)/C=C\CCCC(=O)OC[C@H](COP(=O)(O)OP(=O)(O)OC[C@H]1O[C@@H](n2ccc(N)nc2=O)[C@H](O)[C@@H]1O)OC(=O)CC/C=C\C/C=C\C/C=C\C/C=C\C/C=C\CCCCC. The molecule has 9 atom stereocenters. The average molecular weight is 1130 g/mol. The number of carbonyl (C=O) groups excluding carboxylic acids is 2. The van der Waals surface area contributed by atoms with E-state index in [4.69, 9.17) is 29.0 Å². The molecular formula is C56H83N3O17P2. The van der Waals surface area contributed by atoms with Gasteiger partial charge < -0.3 is 50.2 Å².